The molecule has 5 heteroatoms. The molecule has 0 bridgehead atoms. The van der Waals surface area contributed by atoms with Crippen LogP contribution in [0, 0.1) is 0 Å². The molecule has 78 valence electrons. The summed E-state index contributed by atoms with van der Waals surface area (Å²) in [7, 11) is 0. The fourth-order valence-corrected chi connectivity index (χ4v) is 2.57. The molecule has 0 spiro atoms. The molecule has 1 unspecified atom stereocenters. The highest BCUT2D eigenvalue weighted by Gasteiger charge is 2.25. The van der Waals surface area contributed by atoms with E-state index < -0.39 is 11.4 Å². The lowest BCUT2D eigenvalue weighted by Crippen LogP contribution is -2.25. The zero-order valence-electron chi connectivity index (χ0n) is 8.28. The summed E-state index contributed by atoms with van der Waals surface area (Å²) in [6.07, 6.45) is 1.66. The maximum absolute atomic E-state index is 11.6. The van der Waals surface area contributed by atoms with Crippen molar-refractivity contribution in [3.63, 3.8) is 0 Å². The molecule has 0 saturated carbocycles. The van der Waals surface area contributed by atoms with Crippen molar-refractivity contribution in [1.29, 1.82) is 0 Å². The van der Waals surface area contributed by atoms with Gasteiger partial charge in [0.15, 0.2) is 0 Å². The fraction of sp³-hybridized carbons (Fsp3) is 0.444. The number of hydrogen-bond acceptors (Lipinski definition) is 3. The number of rotatable bonds is 2. The van der Waals surface area contributed by atoms with Gasteiger partial charge in [-0.1, -0.05) is 4.40 Å². The Morgan fingerprint density at radius 1 is 1.57 bits per heavy atom. The Bertz CT molecular complexity index is 330. The van der Waals surface area contributed by atoms with Gasteiger partial charge in [-0.3, -0.25) is 0 Å². The summed E-state index contributed by atoms with van der Waals surface area (Å²) in [6, 6.07) is 1.95. The minimum Gasteiger partial charge on any atom is -0.591 e. The fourth-order valence-electron chi connectivity index (χ4n) is 0.651. The number of hydrogen-bond donors (Lipinski definition) is 0. The average Bonchev–Trinajstić information content (AvgIpc) is 2.45. The van der Waals surface area contributed by atoms with E-state index in [9.17, 15) is 4.55 Å². The SMILES string of the molecule is CC(C)(C)[S+]([O-])N=Cc1sccc1Br. The zero-order valence-corrected chi connectivity index (χ0v) is 11.5. The molecule has 1 atom stereocenters. The van der Waals surface area contributed by atoms with Crippen LogP contribution < -0.4 is 0 Å². The van der Waals surface area contributed by atoms with Gasteiger partial charge in [0.05, 0.1) is 11.1 Å². The second-order valence-electron chi connectivity index (χ2n) is 3.73. The van der Waals surface area contributed by atoms with Crippen LogP contribution in [0.2, 0.25) is 0 Å². The van der Waals surface area contributed by atoms with Crippen molar-refractivity contribution in [2.75, 3.05) is 0 Å². The van der Waals surface area contributed by atoms with Gasteiger partial charge in [0.2, 0.25) is 0 Å². The van der Waals surface area contributed by atoms with Crippen LogP contribution in [-0.2, 0) is 11.4 Å². The Morgan fingerprint density at radius 3 is 2.64 bits per heavy atom. The summed E-state index contributed by atoms with van der Waals surface area (Å²) in [5.74, 6) is 0. The van der Waals surface area contributed by atoms with E-state index in [0.29, 0.717) is 0 Å². The topological polar surface area (TPSA) is 35.4 Å². The van der Waals surface area contributed by atoms with Crippen molar-refractivity contribution in [1.82, 2.24) is 0 Å². The summed E-state index contributed by atoms with van der Waals surface area (Å²) in [4.78, 5) is 1.00. The van der Waals surface area contributed by atoms with Gasteiger partial charge in [0, 0.05) is 4.47 Å². The van der Waals surface area contributed by atoms with Crippen LogP contribution in [0.3, 0.4) is 0 Å². The molecule has 14 heavy (non-hydrogen) atoms. The summed E-state index contributed by atoms with van der Waals surface area (Å²) in [6.45, 7) is 5.72. The first kappa shape index (κ1) is 12.2. The van der Waals surface area contributed by atoms with E-state index >= 15 is 0 Å². The highest BCUT2D eigenvalue weighted by molar-refractivity contribution is 9.10. The monoisotopic (exact) mass is 293 g/mol. The van der Waals surface area contributed by atoms with Crippen LogP contribution in [0.4, 0.5) is 0 Å². The van der Waals surface area contributed by atoms with E-state index in [1.54, 1.807) is 17.6 Å². The van der Waals surface area contributed by atoms with Crippen molar-refractivity contribution in [3.8, 4) is 0 Å². The molecule has 2 nitrogen and oxygen atoms in total. The standard InChI is InChI=1S/C9H12BrNOS2/c1-9(2,3)14(12)11-6-8-7(10)4-5-13-8/h4-6H,1-3H3. The minimum absolute atomic E-state index is 0.291. The van der Waals surface area contributed by atoms with Gasteiger partial charge in [0.25, 0.3) is 0 Å². The van der Waals surface area contributed by atoms with E-state index in [1.165, 1.54) is 0 Å². The van der Waals surface area contributed by atoms with Crippen LogP contribution >= 0.6 is 27.3 Å². The van der Waals surface area contributed by atoms with Gasteiger partial charge in [-0.25, -0.2) is 0 Å². The average molecular weight is 294 g/mol. The Balaban J connectivity index is 2.70. The Labute approximate surface area is 99.9 Å². The predicted octanol–water partition coefficient (Wildman–Crippen LogP) is 3.39. The van der Waals surface area contributed by atoms with Crippen molar-refractivity contribution < 1.29 is 4.55 Å². The predicted molar refractivity (Wildman–Crippen MR) is 67.5 cm³/mol. The van der Waals surface area contributed by atoms with E-state index in [1.807, 2.05) is 32.2 Å². The van der Waals surface area contributed by atoms with E-state index in [0.717, 1.165) is 9.35 Å². The van der Waals surface area contributed by atoms with Crippen LogP contribution in [0.1, 0.15) is 25.6 Å². The molecule has 1 rings (SSSR count). The van der Waals surface area contributed by atoms with Crippen LogP contribution in [0.25, 0.3) is 0 Å². The summed E-state index contributed by atoms with van der Waals surface area (Å²) < 4.78 is 16.3. The molecular formula is C9H12BrNOS2. The summed E-state index contributed by atoms with van der Waals surface area (Å²) >= 11 is 3.78. The van der Waals surface area contributed by atoms with Crippen LogP contribution in [0.5, 0.6) is 0 Å². The molecule has 0 amide bonds. The smallest absolute Gasteiger partial charge is 0.144 e. The molecule has 0 N–H and O–H groups in total. The van der Waals surface area contributed by atoms with E-state index in [2.05, 4.69) is 20.3 Å². The third kappa shape index (κ3) is 3.38. The third-order valence-electron chi connectivity index (χ3n) is 1.43. The van der Waals surface area contributed by atoms with Crippen LogP contribution in [0.15, 0.2) is 20.3 Å². The number of thiophene rings is 1. The molecule has 0 aromatic carbocycles. The molecule has 0 aliphatic heterocycles. The Morgan fingerprint density at radius 2 is 2.21 bits per heavy atom. The van der Waals surface area contributed by atoms with Crippen molar-refractivity contribution in [3.05, 3.63) is 20.8 Å². The molecular weight excluding hydrogens is 282 g/mol. The van der Waals surface area contributed by atoms with Gasteiger partial charge in [0.1, 0.15) is 16.1 Å². The molecule has 0 aliphatic rings. The highest BCUT2D eigenvalue weighted by atomic mass is 79.9. The second kappa shape index (κ2) is 4.79. The molecule has 0 saturated heterocycles. The zero-order chi connectivity index (χ0) is 10.8. The van der Waals surface area contributed by atoms with E-state index in [4.69, 9.17) is 0 Å². The molecule has 0 aliphatic carbocycles. The Hall–Kier alpha value is 0.160. The van der Waals surface area contributed by atoms with Gasteiger partial charge in [-0.05, 0) is 48.1 Å². The maximum atomic E-state index is 11.6. The van der Waals surface area contributed by atoms with Gasteiger partial charge >= 0.3 is 0 Å². The summed E-state index contributed by atoms with van der Waals surface area (Å²) in [5.41, 5.74) is 0. The molecule has 1 heterocycles. The van der Waals surface area contributed by atoms with Crippen LogP contribution in [-0.4, -0.2) is 15.5 Å². The van der Waals surface area contributed by atoms with Crippen molar-refractivity contribution >= 4 is 44.8 Å². The quantitative estimate of drug-likeness (QED) is 0.608. The second-order valence-corrected chi connectivity index (χ2v) is 7.46. The first-order valence-corrected chi connectivity index (χ1v) is 6.88. The molecule has 0 fully saturated rings. The first-order valence-electron chi connectivity index (χ1n) is 4.10. The molecule has 1 aromatic rings. The maximum Gasteiger partial charge on any atom is 0.144 e. The normalized spacial score (nSPS) is 14.9. The van der Waals surface area contributed by atoms with Gasteiger partial charge < -0.3 is 4.55 Å². The number of nitrogens with zero attached hydrogens (tertiary/aromatic N) is 1. The minimum atomic E-state index is -1.17. The lowest BCUT2D eigenvalue weighted by molar-refractivity contribution is 0.562. The lowest BCUT2D eigenvalue weighted by Gasteiger charge is -2.17. The number of halogens is 1. The Kier molecular flexibility index (Phi) is 4.18. The van der Waals surface area contributed by atoms with Gasteiger partial charge in [-0.15, -0.1) is 11.3 Å². The first-order chi connectivity index (χ1) is 6.41. The molecule has 0 radical (unpaired) electrons. The highest BCUT2D eigenvalue weighted by Crippen LogP contribution is 2.22. The lowest BCUT2D eigenvalue weighted by atomic mass is 10.3. The van der Waals surface area contributed by atoms with Crippen molar-refractivity contribution in [2.24, 2.45) is 4.40 Å². The third-order valence-corrected chi connectivity index (χ3v) is 4.58. The summed E-state index contributed by atoms with van der Waals surface area (Å²) in [5, 5.41) is 1.96. The van der Waals surface area contributed by atoms with Crippen molar-refractivity contribution in [2.45, 2.75) is 25.5 Å². The van der Waals surface area contributed by atoms with E-state index in [-0.39, 0.29) is 4.75 Å². The van der Waals surface area contributed by atoms with Gasteiger partial charge in [-0.2, -0.15) is 0 Å². The largest absolute Gasteiger partial charge is 0.591 e. The molecule has 1 aromatic heterocycles.